The second-order valence-electron chi connectivity index (χ2n) is 3.45. The molecule has 1 aromatic heterocycles. The Hall–Kier alpha value is -2.30. The number of hydrogen-bond donors (Lipinski definition) is 1. The predicted molar refractivity (Wildman–Crippen MR) is 65.0 cm³/mol. The van der Waals surface area contributed by atoms with Gasteiger partial charge in [-0.2, -0.15) is 0 Å². The summed E-state index contributed by atoms with van der Waals surface area (Å²) in [5.41, 5.74) is 8.18. The molecule has 0 bridgehead atoms. The summed E-state index contributed by atoms with van der Waals surface area (Å²) in [4.78, 5) is 8.09. The van der Waals surface area contributed by atoms with E-state index in [1.165, 1.54) is 7.11 Å². The predicted octanol–water partition coefficient (Wildman–Crippen LogP) is 1.74. The van der Waals surface area contributed by atoms with Gasteiger partial charge in [-0.25, -0.2) is 9.97 Å². The molecule has 0 aliphatic heterocycles. The highest BCUT2D eigenvalue weighted by molar-refractivity contribution is 5.68. The average Bonchev–Trinajstić information content (AvgIpc) is 2.38. The average molecular weight is 231 g/mol. The van der Waals surface area contributed by atoms with Crippen LogP contribution in [0.15, 0.2) is 30.6 Å². The summed E-state index contributed by atoms with van der Waals surface area (Å²) in [5.74, 6) is 0.704. The number of nitrogen functional groups attached to an aromatic ring is 1. The van der Waals surface area contributed by atoms with Gasteiger partial charge in [0.15, 0.2) is 0 Å². The van der Waals surface area contributed by atoms with Crippen molar-refractivity contribution in [3.63, 3.8) is 0 Å². The molecule has 0 saturated carbocycles. The topological polar surface area (TPSA) is 70.3 Å². The number of benzene rings is 1. The van der Waals surface area contributed by atoms with Crippen LogP contribution in [0.3, 0.4) is 0 Å². The number of aromatic nitrogens is 2. The van der Waals surface area contributed by atoms with E-state index in [4.69, 9.17) is 15.2 Å². The fraction of sp³-hybridized carbons (Fsp3) is 0.167. The van der Waals surface area contributed by atoms with Crippen LogP contribution in [0.5, 0.6) is 11.8 Å². The van der Waals surface area contributed by atoms with Gasteiger partial charge in [0.1, 0.15) is 5.75 Å². The minimum atomic E-state index is 0.338. The fourth-order valence-corrected chi connectivity index (χ4v) is 1.48. The van der Waals surface area contributed by atoms with E-state index < -0.39 is 0 Å². The number of methoxy groups -OCH3 is 2. The van der Waals surface area contributed by atoms with Crippen LogP contribution in [0, 0.1) is 0 Å². The molecule has 0 amide bonds. The Kier molecular flexibility index (Phi) is 3.09. The number of ether oxygens (including phenoxy) is 2. The molecular formula is C12H13N3O2. The first-order valence-corrected chi connectivity index (χ1v) is 5.04. The SMILES string of the molecule is COc1cc(N)cc(-c2cnc(OC)nc2)c1. The fourth-order valence-electron chi connectivity index (χ4n) is 1.48. The number of nitrogens with zero attached hydrogens (tertiary/aromatic N) is 2. The molecule has 0 radical (unpaired) electrons. The van der Waals surface area contributed by atoms with Gasteiger partial charge in [-0.1, -0.05) is 0 Å². The van der Waals surface area contributed by atoms with Crippen LogP contribution < -0.4 is 15.2 Å². The first-order chi connectivity index (χ1) is 8.22. The third-order valence-corrected chi connectivity index (χ3v) is 2.31. The monoisotopic (exact) mass is 231 g/mol. The van der Waals surface area contributed by atoms with Gasteiger partial charge in [0, 0.05) is 29.7 Å². The van der Waals surface area contributed by atoms with Gasteiger partial charge in [-0.05, 0) is 17.7 Å². The van der Waals surface area contributed by atoms with Crippen molar-refractivity contribution < 1.29 is 9.47 Å². The van der Waals surface area contributed by atoms with Crippen LogP contribution in [0.4, 0.5) is 5.69 Å². The van der Waals surface area contributed by atoms with Crippen molar-refractivity contribution in [2.75, 3.05) is 20.0 Å². The Bertz CT molecular complexity index is 512. The van der Waals surface area contributed by atoms with E-state index in [9.17, 15) is 0 Å². The molecule has 1 heterocycles. The van der Waals surface area contributed by atoms with Gasteiger partial charge in [0.05, 0.1) is 14.2 Å². The summed E-state index contributed by atoms with van der Waals surface area (Å²) in [7, 11) is 3.13. The first-order valence-electron chi connectivity index (χ1n) is 5.04. The first kappa shape index (κ1) is 11.2. The Balaban J connectivity index is 2.41. The summed E-state index contributed by atoms with van der Waals surface area (Å²) >= 11 is 0. The molecule has 0 atom stereocenters. The molecule has 0 saturated heterocycles. The summed E-state index contributed by atoms with van der Waals surface area (Å²) < 4.78 is 10.1. The molecule has 5 heteroatoms. The van der Waals surface area contributed by atoms with E-state index in [0.717, 1.165) is 11.1 Å². The molecule has 5 nitrogen and oxygen atoms in total. The van der Waals surface area contributed by atoms with Gasteiger partial charge in [-0.3, -0.25) is 0 Å². The van der Waals surface area contributed by atoms with Crippen molar-refractivity contribution in [2.45, 2.75) is 0 Å². The van der Waals surface area contributed by atoms with Crippen LogP contribution >= 0.6 is 0 Å². The molecule has 0 unspecified atom stereocenters. The molecule has 0 aliphatic rings. The van der Waals surface area contributed by atoms with Gasteiger partial charge in [-0.15, -0.1) is 0 Å². The normalized spacial score (nSPS) is 10.0. The van der Waals surface area contributed by atoms with Crippen LogP contribution in [0.1, 0.15) is 0 Å². The lowest BCUT2D eigenvalue weighted by Gasteiger charge is -2.06. The molecule has 0 fully saturated rings. The number of nitrogens with two attached hydrogens (primary N) is 1. The molecule has 0 spiro atoms. The Morgan fingerprint density at radius 2 is 1.65 bits per heavy atom. The molecule has 2 aromatic rings. The summed E-state index contributed by atoms with van der Waals surface area (Å²) in [6.07, 6.45) is 3.36. The zero-order chi connectivity index (χ0) is 12.3. The maximum Gasteiger partial charge on any atom is 0.316 e. The molecule has 17 heavy (non-hydrogen) atoms. The van der Waals surface area contributed by atoms with E-state index in [1.54, 1.807) is 25.6 Å². The van der Waals surface area contributed by atoms with Crippen molar-refractivity contribution >= 4 is 5.69 Å². The van der Waals surface area contributed by atoms with E-state index in [-0.39, 0.29) is 0 Å². The number of rotatable bonds is 3. The Morgan fingerprint density at radius 1 is 0.941 bits per heavy atom. The molecule has 0 aliphatic carbocycles. The van der Waals surface area contributed by atoms with Gasteiger partial charge >= 0.3 is 6.01 Å². The lowest BCUT2D eigenvalue weighted by Crippen LogP contribution is -1.93. The van der Waals surface area contributed by atoms with E-state index in [0.29, 0.717) is 17.4 Å². The maximum atomic E-state index is 5.78. The standard InChI is InChI=1S/C12H13N3O2/c1-16-11-4-8(3-10(13)5-11)9-6-14-12(17-2)15-7-9/h3-7H,13H2,1-2H3. The number of hydrogen-bond acceptors (Lipinski definition) is 5. The van der Waals surface area contributed by atoms with E-state index in [1.807, 2.05) is 12.1 Å². The van der Waals surface area contributed by atoms with Crippen LogP contribution in [-0.4, -0.2) is 24.2 Å². The van der Waals surface area contributed by atoms with Gasteiger partial charge in [0.2, 0.25) is 0 Å². The third kappa shape index (κ3) is 2.44. The van der Waals surface area contributed by atoms with Crippen molar-refractivity contribution in [1.82, 2.24) is 9.97 Å². The molecular weight excluding hydrogens is 218 g/mol. The minimum absolute atomic E-state index is 0.338. The minimum Gasteiger partial charge on any atom is -0.497 e. The highest BCUT2D eigenvalue weighted by Crippen LogP contribution is 2.26. The summed E-state index contributed by atoms with van der Waals surface area (Å²) in [6.45, 7) is 0. The molecule has 2 N–H and O–H groups in total. The Labute approximate surface area is 99.2 Å². The highest BCUT2D eigenvalue weighted by atomic mass is 16.5. The lowest BCUT2D eigenvalue weighted by molar-refractivity contribution is 0.380. The second-order valence-corrected chi connectivity index (χ2v) is 3.45. The zero-order valence-corrected chi connectivity index (χ0v) is 9.68. The molecule has 88 valence electrons. The van der Waals surface area contributed by atoms with Crippen molar-refractivity contribution in [1.29, 1.82) is 0 Å². The summed E-state index contributed by atoms with van der Waals surface area (Å²) in [5, 5.41) is 0. The summed E-state index contributed by atoms with van der Waals surface area (Å²) in [6, 6.07) is 5.81. The Morgan fingerprint density at radius 3 is 2.24 bits per heavy atom. The van der Waals surface area contributed by atoms with Crippen LogP contribution in [0.25, 0.3) is 11.1 Å². The highest BCUT2D eigenvalue weighted by Gasteiger charge is 2.04. The maximum absolute atomic E-state index is 5.78. The third-order valence-electron chi connectivity index (χ3n) is 2.31. The van der Waals surface area contributed by atoms with Gasteiger partial charge < -0.3 is 15.2 Å². The second kappa shape index (κ2) is 4.69. The molecule has 2 rings (SSSR count). The largest absolute Gasteiger partial charge is 0.497 e. The van der Waals surface area contributed by atoms with Crippen LogP contribution in [0.2, 0.25) is 0 Å². The molecule has 1 aromatic carbocycles. The lowest BCUT2D eigenvalue weighted by atomic mass is 10.1. The quantitative estimate of drug-likeness (QED) is 0.815. The van der Waals surface area contributed by atoms with Gasteiger partial charge in [0.25, 0.3) is 0 Å². The smallest absolute Gasteiger partial charge is 0.316 e. The van der Waals surface area contributed by atoms with Crippen molar-refractivity contribution in [3.05, 3.63) is 30.6 Å². The number of anilines is 1. The van der Waals surface area contributed by atoms with E-state index in [2.05, 4.69) is 9.97 Å². The zero-order valence-electron chi connectivity index (χ0n) is 9.68. The van der Waals surface area contributed by atoms with Crippen molar-refractivity contribution in [2.24, 2.45) is 0 Å². The van der Waals surface area contributed by atoms with Crippen LogP contribution in [-0.2, 0) is 0 Å². The van der Waals surface area contributed by atoms with E-state index >= 15 is 0 Å². The van der Waals surface area contributed by atoms with Crippen molar-refractivity contribution in [3.8, 4) is 22.9 Å².